The minimum Gasteiger partial charge on any atom is -0.294 e. The van der Waals surface area contributed by atoms with Gasteiger partial charge in [0.1, 0.15) is 0 Å². The second kappa shape index (κ2) is 3.59. The first kappa shape index (κ1) is 11.8. The fraction of sp³-hybridized carbons (Fsp3) is 0.857. The molecule has 4 saturated carbocycles. The second-order valence-electron chi connectivity index (χ2n) is 6.99. The summed E-state index contributed by atoms with van der Waals surface area (Å²) in [6.07, 6.45) is 10.6. The molecule has 0 spiro atoms. The van der Waals surface area contributed by atoms with Crippen molar-refractivity contribution in [2.24, 2.45) is 23.2 Å². The van der Waals surface area contributed by atoms with Gasteiger partial charge in [0.25, 0.3) is 0 Å². The molecule has 4 bridgehead atoms. The van der Waals surface area contributed by atoms with Crippen LogP contribution in [0.4, 0.5) is 0 Å². The van der Waals surface area contributed by atoms with Gasteiger partial charge >= 0.3 is 0 Å². The molecule has 0 aromatic carbocycles. The highest BCUT2D eigenvalue weighted by Crippen LogP contribution is 2.60. The highest BCUT2D eigenvalue weighted by Gasteiger charge is 2.53. The molecule has 0 atom stereocenters. The van der Waals surface area contributed by atoms with E-state index in [9.17, 15) is 9.00 Å². The van der Waals surface area contributed by atoms with Gasteiger partial charge in [0.15, 0.2) is 5.78 Å². The Morgan fingerprint density at radius 2 is 1.47 bits per heavy atom. The lowest BCUT2D eigenvalue weighted by atomic mass is 9.48. The Bertz CT molecular complexity index is 425. The molecular formula is C14H22O2S. The number of ketones is 1. The summed E-state index contributed by atoms with van der Waals surface area (Å²) in [6, 6.07) is 0. The molecule has 96 valence electrons. The SMILES string of the molecule is CS(C)(=O)=CC(=O)C12CC3CC(CC(C3)C1)C2. The molecule has 4 fully saturated rings. The van der Waals surface area contributed by atoms with Gasteiger partial charge in [0.2, 0.25) is 0 Å². The van der Waals surface area contributed by atoms with Crippen LogP contribution in [0.5, 0.6) is 0 Å². The molecule has 0 aromatic heterocycles. The summed E-state index contributed by atoms with van der Waals surface area (Å²) in [4.78, 5) is 12.5. The monoisotopic (exact) mass is 254 g/mol. The van der Waals surface area contributed by atoms with Crippen LogP contribution in [0.1, 0.15) is 38.5 Å². The molecule has 0 aliphatic heterocycles. The van der Waals surface area contributed by atoms with E-state index in [2.05, 4.69) is 0 Å². The summed E-state index contributed by atoms with van der Waals surface area (Å²) in [5.41, 5.74) is -0.108. The van der Waals surface area contributed by atoms with Crippen LogP contribution < -0.4 is 0 Å². The van der Waals surface area contributed by atoms with E-state index in [1.165, 1.54) is 19.3 Å². The molecule has 2 nitrogen and oxygen atoms in total. The molecule has 0 heterocycles. The van der Waals surface area contributed by atoms with Crippen LogP contribution in [0, 0.1) is 23.2 Å². The summed E-state index contributed by atoms with van der Waals surface area (Å²) < 4.78 is 11.8. The van der Waals surface area contributed by atoms with Gasteiger partial charge in [-0.05, 0) is 65.8 Å². The average molecular weight is 254 g/mol. The second-order valence-corrected chi connectivity index (χ2v) is 9.84. The number of rotatable bonds is 2. The first-order valence-corrected chi connectivity index (χ1v) is 9.13. The third-order valence-corrected chi connectivity index (χ3v) is 5.73. The Balaban J connectivity index is 1.92. The normalized spacial score (nSPS) is 43.8. The Morgan fingerprint density at radius 3 is 1.82 bits per heavy atom. The van der Waals surface area contributed by atoms with Gasteiger partial charge in [-0.15, -0.1) is 0 Å². The third kappa shape index (κ3) is 2.07. The zero-order chi connectivity index (χ0) is 12.3. The molecule has 4 aliphatic carbocycles. The minimum absolute atomic E-state index is 0.108. The highest BCUT2D eigenvalue weighted by atomic mass is 32.2. The van der Waals surface area contributed by atoms with Crippen LogP contribution >= 0.6 is 0 Å². The topological polar surface area (TPSA) is 34.1 Å². The summed E-state index contributed by atoms with van der Waals surface area (Å²) in [5, 5.41) is 1.54. The highest BCUT2D eigenvalue weighted by molar-refractivity contribution is 8.01. The predicted molar refractivity (Wildman–Crippen MR) is 71.7 cm³/mol. The fourth-order valence-corrected chi connectivity index (χ4v) is 5.56. The van der Waals surface area contributed by atoms with Crippen LogP contribution in [0.25, 0.3) is 0 Å². The number of Topliss-reactive ketones (excluding diaryl/α,β-unsaturated/α-hetero) is 1. The van der Waals surface area contributed by atoms with E-state index in [-0.39, 0.29) is 11.2 Å². The van der Waals surface area contributed by atoms with Crippen molar-refractivity contribution in [3.8, 4) is 0 Å². The van der Waals surface area contributed by atoms with Gasteiger partial charge in [-0.25, -0.2) is 0 Å². The third-order valence-electron chi connectivity index (χ3n) is 4.95. The van der Waals surface area contributed by atoms with Gasteiger partial charge < -0.3 is 0 Å². The molecule has 3 heteroatoms. The summed E-state index contributed by atoms with van der Waals surface area (Å²) in [7, 11) is -2.04. The Kier molecular flexibility index (Phi) is 2.49. The molecule has 17 heavy (non-hydrogen) atoms. The maximum Gasteiger partial charge on any atom is 0.169 e. The van der Waals surface area contributed by atoms with Crippen molar-refractivity contribution < 1.29 is 9.00 Å². The molecule has 0 aromatic rings. The van der Waals surface area contributed by atoms with Crippen molar-refractivity contribution >= 4 is 20.7 Å². The summed E-state index contributed by atoms with van der Waals surface area (Å²) in [6.45, 7) is 0. The Morgan fingerprint density at radius 1 is 1.06 bits per heavy atom. The molecule has 0 saturated heterocycles. The van der Waals surface area contributed by atoms with Crippen molar-refractivity contribution in [3.05, 3.63) is 0 Å². The molecule has 0 unspecified atom stereocenters. The molecule has 0 amide bonds. The zero-order valence-corrected chi connectivity index (χ0v) is 11.6. The number of carbonyl (C=O) groups is 1. The van der Waals surface area contributed by atoms with E-state index in [1.807, 2.05) is 0 Å². The summed E-state index contributed by atoms with van der Waals surface area (Å²) >= 11 is 0. The Labute approximate surface area is 104 Å². The smallest absolute Gasteiger partial charge is 0.169 e. The van der Waals surface area contributed by atoms with Gasteiger partial charge in [0, 0.05) is 23.3 Å². The average Bonchev–Trinajstić information content (AvgIpc) is 2.12. The quantitative estimate of drug-likeness (QED) is 0.707. The molecule has 4 rings (SSSR count). The zero-order valence-electron chi connectivity index (χ0n) is 10.8. The van der Waals surface area contributed by atoms with E-state index in [0.29, 0.717) is 0 Å². The van der Waals surface area contributed by atoms with Crippen LogP contribution in [0.15, 0.2) is 0 Å². The van der Waals surface area contributed by atoms with Crippen molar-refractivity contribution in [1.82, 2.24) is 0 Å². The van der Waals surface area contributed by atoms with Crippen molar-refractivity contribution in [3.63, 3.8) is 0 Å². The lowest BCUT2D eigenvalue weighted by Gasteiger charge is -2.55. The van der Waals surface area contributed by atoms with Crippen LogP contribution in [-0.4, -0.2) is 27.9 Å². The van der Waals surface area contributed by atoms with Crippen molar-refractivity contribution in [2.75, 3.05) is 12.5 Å². The Hall–Kier alpha value is -0.310. The van der Waals surface area contributed by atoms with Crippen LogP contribution in [0.3, 0.4) is 0 Å². The van der Waals surface area contributed by atoms with Crippen LogP contribution in [-0.2, 0) is 14.3 Å². The van der Waals surface area contributed by atoms with Crippen molar-refractivity contribution in [2.45, 2.75) is 38.5 Å². The lowest BCUT2D eigenvalue weighted by molar-refractivity contribution is -0.135. The summed E-state index contributed by atoms with van der Waals surface area (Å²) in [5.74, 6) is 2.54. The predicted octanol–water partition coefficient (Wildman–Crippen LogP) is 2.12. The maximum absolute atomic E-state index is 12.5. The van der Waals surface area contributed by atoms with Gasteiger partial charge in [-0.1, -0.05) is 0 Å². The maximum atomic E-state index is 12.5. The number of carbonyl (C=O) groups excluding carboxylic acids is 1. The van der Waals surface area contributed by atoms with Crippen LogP contribution in [0.2, 0.25) is 0 Å². The van der Waals surface area contributed by atoms with E-state index < -0.39 is 9.52 Å². The first-order valence-electron chi connectivity index (χ1n) is 6.70. The molecule has 0 N–H and O–H groups in total. The number of hydrogen-bond donors (Lipinski definition) is 0. The minimum atomic E-state index is -2.04. The molecule has 4 aliphatic rings. The van der Waals surface area contributed by atoms with Gasteiger partial charge in [0.05, 0.1) is 0 Å². The standard InChI is InChI=1S/C14H22O2S/c1-17(2,16)9-13(15)14-6-10-3-11(7-14)5-12(4-10)8-14/h9-12H,3-8H2,1-2H3. The molecule has 0 radical (unpaired) electrons. The van der Waals surface area contributed by atoms with E-state index in [0.717, 1.165) is 37.0 Å². The van der Waals surface area contributed by atoms with Gasteiger partial charge in [-0.3, -0.25) is 9.00 Å². The van der Waals surface area contributed by atoms with E-state index >= 15 is 0 Å². The molecular weight excluding hydrogens is 232 g/mol. The van der Waals surface area contributed by atoms with E-state index in [1.54, 1.807) is 17.9 Å². The largest absolute Gasteiger partial charge is 0.294 e. The fourth-order valence-electron chi connectivity index (χ4n) is 4.80. The first-order chi connectivity index (χ1) is 7.86. The number of hydrogen-bond acceptors (Lipinski definition) is 2. The van der Waals surface area contributed by atoms with Gasteiger partial charge in [-0.2, -0.15) is 0 Å². The van der Waals surface area contributed by atoms with E-state index in [4.69, 9.17) is 0 Å². The van der Waals surface area contributed by atoms with Crippen molar-refractivity contribution in [1.29, 1.82) is 0 Å². The lowest BCUT2D eigenvalue weighted by Crippen LogP contribution is -2.50.